The number of fused-ring (bicyclic) bond motifs is 1. The van der Waals surface area contributed by atoms with E-state index >= 15 is 0 Å². The molecule has 1 aliphatic heterocycles. The number of aliphatic hydroxyl groups is 1. The van der Waals surface area contributed by atoms with Crippen LogP contribution in [-0.4, -0.2) is 45.6 Å². The predicted molar refractivity (Wildman–Crippen MR) is 108 cm³/mol. The fourth-order valence-electron chi connectivity index (χ4n) is 4.17. The van der Waals surface area contributed by atoms with Gasteiger partial charge in [0, 0.05) is 18.5 Å². The van der Waals surface area contributed by atoms with E-state index in [1.165, 1.54) is 22.9 Å². The zero-order valence-electron chi connectivity index (χ0n) is 15.6. The number of methoxy groups -OCH3 is 1. The van der Waals surface area contributed by atoms with Crippen LogP contribution in [0.25, 0.3) is 11.0 Å². The molecule has 0 bridgehead atoms. The van der Waals surface area contributed by atoms with E-state index in [-0.39, 0.29) is 12.0 Å². The number of aliphatic hydroxyl groups excluding tert-OH is 1. The highest BCUT2D eigenvalue weighted by atomic mass is 32.1. The van der Waals surface area contributed by atoms with Crippen molar-refractivity contribution in [2.24, 2.45) is 5.41 Å². The summed E-state index contributed by atoms with van der Waals surface area (Å²) in [6, 6.07) is 14.5. The number of aromatic nitrogens is 2. The molecule has 1 aromatic heterocycles. The maximum atomic E-state index is 10.3. The van der Waals surface area contributed by atoms with Gasteiger partial charge < -0.3 is 9.84 Å². The minimum atomic E-state index is -0.100. The molecular formula is C21H25N3O2S. The van der Waals surface area contributed by atoms with Gasteiger partial charge in [-0.15, -0.1) is 0 Å². The van der Waals surface area contributed by atoms with Gasteiger partial charge in [0.1, 0.15) is 16.8 Å². The molecule has 5 nitrogen and oxygen atoms in total. The van der Waals surface area contributed by atoms with Crippen LogP contribution >= 0.6 is 11.7 Å². The Morgan fingerprint density at radius 1 is 1.15 bits per heavy atom. The molecule has 0 aliphatic carbocycles. The Kier molecular flexibility index (Phi) is 5.38. The number of piperidine rings is 1. The van der Waals surface area contributed by atoms with Gasteiger partial charge in [-0.1, -0.05) is 18.2 Å². The summed E-state index contributed by atoms with van der Waals surface area (Å²) in [5.41, 5.74) is 4.31. The van der Waals surface area contributed by atoms with Gasteiger partial charge in [-0.3, -0.25) is 4.90 Å². The van der Waals surface area contributed by atoms with E-state index in [2.05, 4.69) is 37.9 Å². The van der Waals surface area contributed by atoms with Gasteiger partial charge in [-0.25, -0.2) is 0 Å². The van der Waals surface area contributed by atoms with E-state index in [1.54, 1.807) is 7.11 Å². The van der Waals surface area contributed by atoms with Crippen molar-refractivity contribution in [1.29, 1.82) is 0 Å². The maximum Gasteiger partial charge on any atom is 0.119 e. The minimum absolute atomic E-state index is 0.100. The number of benzene rings is 2. The van der Waals surface area contributed by atoms with Crippen LogP contribution in [0.2, 0.25) is 0 Å². The molecule has 1 atom stereocenters. The Bertz CT molecular complexity index is 913. The molecule has 142 valence electrons. The lowest BCUT2D eigenvalue weighted by Gasteiger charge is -2.42. The van der Waals surface area contributed by atoms with Crippen molar-refractivity contribution in [2.75, 3.05) is 26.8 Å². The highest BCUT2D eigenvalue weighted by Gasteiger charge is 2.35. The van der Waals surface area contributed by atoms with Crippen molar-refractivity contribution < 1.29 is 9.84 Å². The van der Waals surface area contributed by atoms with Crippen molar-refractivity contribution >= 4 is 22.8 Å². The van der Waals surface area contributed by atoms with E-state index in [0.29, 0.717) is 0 Å². The van der Waals surface area contributed by atoms with E-state index in [9.17, 15) is 5.11 Å². The maximum absolute atomic E-state index is 10.3. The molecule has 3 aromatic rings. The van der Waals surface area contributed by atoms with Crippen molar-refractivity contribution in [1.82, 2.24) is 13.6 Å². The number of hydrogen-bond acceptors (Lipinski definition) is 6. The van der Waals surface area contributed by atoms with Crippen molar-refractivity contribution in [2.45, 2.75) is 25.8 Å². The highest BCUT2D eigenvalue weighted by Crippen LogP contribution is 2.34. The Labute approximate surface area is 163 Å². The molecule has 1 N–H and O–H groups in total. The molecule has 0 saturated carbocycles. The van der Waals surface area contributed by atoms with Crippen LogP contribution in [0.5, 0.6) is 5.75 Å². The molecule has 0 spiro atoms. The third-order valence-electron chi connectivity index (χ3n) is 5.51. The summed E-state index contributed by atoms with van der Waals surface area (Å²) in [4.78, 5) is 2.46. The fraction of sp³-hybridized carbons (Fsp3) is 0.429. The molecule has 1 fully saturated rings. The Morgan fingerprint density at radius 2 is 2.04 bits per heavy atom. The number of rotatable bonds is 6. The summed E-state index contributed by atoms with van der Waals surface area (Å²) in [7, 11) is 1.69. The van der Waals surface area contributed by atoms with Gasteiger partial charge >= 0.3 is 0 Å². The lowest BCUT2D eigenvalue weighted by Crippen LogP contribution is -2.46. The third kappa shape index (κ3) is 4.13. The monoisotopic (exact) mass is 383 g/mol. The Balaban J connectivity index is 1.48. The van der Waals surface area contributed by atoms with E-state index in [0.717, 1.165) is 55.7 Å². The Morgan fingerprint density at radius 3 is 2.89 bits per heavy atom. The van der Waals surface area contributed by atoms with Gasteiger partial charge in [-0.05, 0) is 61.2 Å². The van der Waals surface area contributed by atoms with Gasteiger partial charge in [0.25, 0.3) is 0 Å². The molecule has 4 rings (SSSR count). The van der Waals surface area contributed by atoms with Gasteiger partial charge in [0.05, 0.1) is 25.4 Å². The highest BCUT2D eigenvalue weighted by molar-refractivity contribution is 7.00. The van der Waals surface area contributed by atoms with Crippen molar-refractivity contribution in [3.05, 3.63) is 53.6 Å². The second-order valence-corrected chi connectivity index (χ2v) is 8.12. The third-order valence-corrected chi connectivity index (χ3v) is 6.07. The lowest BCUT2D eigenvalue weighted by molar-refractivity contribution is 0.0288. The summed E-state index contributed by atoms with van der Waals surface area (Å²) >= 11 is 1.26. The SMILES string of the molecule is COc1cccc(C[C@]2(CO)CCCN(Cc3ccc4nsnc4c3)C2)c1. The van der Waals surface area contributed by atoms with Crippen LogP contribution < -0.4 is 4.74 Å². The fourth-order valence-corrected chi connectivity index (χ4v) is 4.69. The molecule has 0 radical (unpaired) electrons. The number of nitrogens with zero attached hydrogens (tertiary/aromatic N) is 3. The van der Waals surface area contributed by atoms with E-state index in [4.69, 9.17) is 4.74 Å². The molecular weight excluding hydrogens is 358 g/mol. The molecule has 6 heteroatoms. The Hall–Kier alpha value is -2.02. The van der Waals surface area contributed by atoms with Gasteiger partial charge in [0.15, 0.2) is 0 Å². The molecule has 1 saturated heterocycles. The van der Waals surface area contributed by atoms with Gasteiger partial charge in [0.2, 0.25) is 0 Å². The largest absolute Gasteiger partial charge is 0.497 e. The second kappa shape index (κ2) is 7.92. The average Bonchev–Trinajstić information content (AvgIpc) is 3.16. The summed E-state index contributed by atoms with van der Waals surface area (Å²) < 4.78 is 14.0. The van der Waals surface area contributed by atoms with E-state index in [1.807, 2.05) is 18.2 Å². The first-order valence-corrected chi connectivity index (χ1v) is 10.1. The second-order valence-electron chi connectivity index (χ2n) is 7.59. The van der Waals surface area contributed by atoms with Crippen LogP contribution in [-0.2, 0) is 13.0 Å². The van der Waals surface area contributed by atoms with Crippen LogP contribution in [0.15, 0.2) is 42.5 Å². The molecule has 0 amide bonds. The topological polar surface area (TPSA) is 58.5 Å². The standard InChI is InChI=1S/C21H25N3O2S/c1-26-18-5-2-4-16(10-18)12-21(15-25)8-3-9-24(14-21)13-17-6-7-19-20(11-17)23-27-22-19/h2,4-7,10-11,25H,3,8-9,12-15H2,1H3/t21-/m1/s1. The first-order chi connectivity index (χ1) is 13.2. The number of likely N-dealkylation sites (tertiary alicyclic amines) is 1. The predicted octanol–water partition coefficient (Wildman–Crippen LogP) is 3.52. The number of ether oxygens (including phenoxy) is 1. The first kappa shape index (κ1) is 18.3. The molecule has 1 aliphatic rings. The molecule has 27 heavy (non-hydrogen) atoms. The van der Waals surface area contributed by atoms with Crippen LogP contribution in [0.3, 0.4) is 0 Å². The minimum Gasteiger partial charge on any atom is -0.497 e. The molecule has 0 unspecified atom stereocenters. The summed E-state index contributed by atoms with van der Waals surface area (Å²) in [6.07, 6.45) is 3.02. The summed E-state index contributed by atoms with van der Waals surface area (Å²) in [6.45, 7) is 3.05. The van der Waals surface area contributed by atoms with Crippen LogP contribution in [0.1, 0.15) is 24.0 Å². The smallest absolute Gasteiger partial charge is 0.119 e. The van der Waals surface area contributed by atoms with Gasteiger partial charge in [-0.2, -0.15) is 8.75 Å². The van der Waals surface area contributed by atoms with E-state index < -0.39 is 0 Å². The summed E-state index contributed by atoms with van der Waals surface area (Å²) in [5.74, 6) is 0.874. The number of hydrogen-bond donors (Lipinski definition) is 1. The van der Waals surface area contributed by atoms with Crippen molar-refractivity contribution in [3.8, 4) is 5.75 Å². The summed E-state index contributed by atoms with van der Waals surface area (Å²) in [5, 5.41) is 10.3. The zero-order valence-corrected chi connectivity index (χ0v) is 16.4. The lowest BCUT2D eigenvalue weighted by atomic mass is 9.75. The van der Waals surface area contributed by atoms with Crippen molar-refractivity contribution in [3.63, 3.8) is 0 Å². The van der Waals surface area contributed by atoms with Crippen LogP contribution in [0.4, 0.5) is 0 Å². The quantitative estimate of drug-likeness (QED) is 0.706. The molecule has 2 heterocycles. The zero-order chi connectivity index (χ0) is 18.7. The normalized spacial score (nSPS) is 20.8. The molecule has 2 aromatic carbocycles. The van der Waals surface area contributed by atoms with Crippen LogP contribution in [0, 0.1) is 5.41 Å². The first-order valence-electron chi connectivity index (χ1n) is 9.37. The average molecular weight is 384 g/mol.